The molecule has 1 heterocycles. The van der Waals surface area contributed by atoms with E-state index in [2.05, 4.69) is 18.7 Å². The number of aliphatic hydroxyl groups is 1. The summed E-state index contributed by atoms with van der Waals surface area (Å²) in [5.41, 5.74) is 4.45. The molecule has 1 unspecified atom stereocenters. The lowest BCUT2D eigenvalue weighted by atomic mass is 9.94. The molecule has 1 aliphatic rings. The number of benzene rings is 4. The molecule has 0 aliphatic carbocycles. The molecular formula is C36H36N2O5. The van der Waals surface area contributed by atoms with Crippen molar-refractivity contribution in [1.29, 1.82) is 0 Å². The highest BCUT2D eigenvalue weighted by Crippen LogP contribution is 2.45. The Labute approximate surface area is 252 Å². The van der Waals surface area contributed by atoms with E-state index in [4.69, 9.17) is 9.47 Å². The Hall–Kier alpha value is -5.04. The topological polar surface area (TPSA) is 79.3 Å². The van der Waals surface area contributed by atoms with E-state index in [1.807, 2.05) is 61.5 Å². The van der Waals surface area contributed by atoms with E-state index in [-0.39, 0.29) is 11.3 Å². The Morgan fingerprint density at radius 1 is 0.860 bits per heavy atom. The van der Waals surface area contributed by atoms with Crippen LogP contribution in [-0.4, -0.2) is 37.0 Å². The number of rotatable bonds is 10. The first-order valence-corrected chi connectivity index (χ1v) is 14.4. The molecule has 43 heavy (non-hydrogen) atoms. The number of hydrogen-bond donors (Lipinski definition) is 1. The number of ether oxygens (including phenoxy) is 2. The Bertz CT molecular complexity index is 1640. The number of anilines is 2. The zero-order valence-corrected chi connectivity index (χ0v) is 24.9. The molecule has 1 atom stereocenters. The first kappa shape index (κ1) is 29.5. The summed E-state index contributed by atoms with van der Waals surface area (Å²) in [7, 11) is 1.52. The van der Waals surface area contributed by atoms with Gasteiger partial charge in [0.2, 0.25) is 0 Å². The minimum absolute atomic E-state index is 0.0175. The van der Waals surface area contributed by atoms with Crippen molar-refractivity contribution in [2.24, 2.45) is 0 Å². The normalized spacial score (nSPS) is 15.9. The minimum atomic E-state index is -0.864. The Balaban J connectivity index is 1.58. The van der Waals surface area contributed by atoms with E-state index < -0.39 is 17.7 Å². The average Bonchev–Trinajstić information content (AvgIpc) is 3.30. The van der Waals surface area contributed by atoms with E-state index in [0.717, 1.165) is 29.9 Å². The van der Waals surface area contributed by atoms with Crippen LogP contribution in [0.3, 0.4) is 0 Å². The van der Waals surface area contributed by atoms with Gasteiger partial charge in [-0.15, -0.1) is 0 Å². The maximum Gasteiger partial charge on any atom is 0.300 e. The average molecular weight is 577 g/mol. The van der Waals surface area contributed by atoms with Gasteiger partial charge < -0.3 is 19.5 Å². The van der Waals surface area contributed by atoms with Gasteiger partial charge in [-0.2, -0.15) is 0 Å². The quantitative estimate of drug-likeness (QED) is 0.124. The fraction of sp³-hybridized carbons (Fsp3) is 0.222. The van der Waals surface area contributed by atoms with E-state index >= 15 is 0 Å². The highest BCUT2D eigenvalue weighted by Gasteiger charge is 2.47. The van der Waals surface area contributed by atoms with Crippen molar-refractivity contribution in [1.82, 2.24) is 0 Å². The zero-order valence-electron chi connectivity index (χ0n) is 24.9. The standard InChI is InChI=1S/C36H36N2O5/c1-5-37(6-2)28-19-16-26(17-20-28)33-32(35(40)36(41)38(33)29-14-10-11-15-31(29)42-4)34(39)27-18-21-30(24(3)22-27)43-23-25-12-8-7-9-13-25/h7-22,33,39H,5-6,23H2,1-4H3/b34-32-. The van der Waals surface area contributed by atoms with Crippen LogP contribution in [-0.2, 0) is 16.2 Å². The second kappa shape index (κ2) is 12.9. The number of para-hydroxylation sites is 2. The van der Waals surface area contributed by atoms with Gasteiger partial charge in [-0.1, -0.05) is 54.6 Å². The SMILES string of the molecule is CCN(CC)c1ccc(C2/C(=C(/O)c3ccc(OCc4ccccc4)c(C)c3)C(=O)C(=O)N2c2ccccc2OC)cc1. The van der Waals surface area contributed by atoms with Gasteiger partial charge in [0.25, 0.3) is 11.7 Å². The fourth-order valence-electron chi connectivity index (χ4n) is 5.53. The van der Waals surface area contributed by atoms with Crippen LogP contribution >= 0.6 is 0 Å². The van der Waals surface area contributed by atoms with Crippen LogP contribution in [0.15, 0.2) is 103 Å². The summed E-state index contributed by atoms with van der Waals surface area (Å²) < 4.78 is 11.6. The van der Waals surface area contributed by atoms with Crippen molar-refractivity contribution in [3.63, 3.8) is 0 Å². The lowest BCUT2D eigenvalue weighted by Gasteiger charge is -2.27. The van der Waals surface area contributed by atoms with E-state index in [1.165, 1.54) is 12.0 Å². The zero-order chi connectivity index (χ0) is 30.5. The Morgan fingerprint density at radius 2 is 1.53 bits per heavy atom. The number of carbonyl (C=O) groups is 2. The lowest BCUT2D eigenvalue weighted by molar-refractivity contribution is -0.132. The van der Waals surface area contributed by atoms with Crippen molar-refractivity contribution in [2.75, 3.05) is 30.0 Å². The van der Waals surface area contributed by atoms with Gasteiger partial charge in [-0.05, 0) is 79.9 Å². The molecule has 0 radical (unpaired) electrons. The van der Waals surface area contributed by atoms with E-state index in [9.17, 15) is 14.7 Å². The summed E-state index contributed by atoms with van der Waals surface area (Å²) >= 11 is 0. The third-order valence-corrected chi connectivity index (χ3v) is 7.81. The second-order valence-corrected chi connectivity index (χ2v) is 10.4. The molecule has 7 nitrogen and oxygen atoms in total. The molecule has 0 saturated carbocycles. The molecule has 0 bridgehead atoms. The summed E-state index contributed by atoms with van der Waals surface area (Å²) in [5.74, 6) is -0.624. The molecule has 1 aliphatic heterocycles. The van der Waals surface area contributed by atoms with Crippen LogP contribution in [0.25, 0.3) is 5.76 Å². The second-order valence-electron chi connectivity index (χ2n) is 10.4. The molecule has 220 valence electrons. The van der Waals surface area contributed by atoms with Crippen molar-refractivity contribution < 1.29 is 24.2 Å². The molecule has 0 spiro atoms. The maximum atomic E-state index is 13.7. The Morgan fingerprint density at radius 3 is 2.19 bits per heavy atom. The van der Waals surface area contributed by atoms with Gasteiger partial charge in [0.05, 0.1) is 24.4 Å². The largest absolute Gasteiger partial charge is 0.507 e. The number of Topliss-reactive ketones (excluding diaryl/α,β-unsaturated/α-hetero) is 1. The third-order valence-electron chi connectivity index (χ3n) is 7.81. The number of aliphatic hydroxyl groups excluding tert-OH is 1. The highest BCUT2D eigenvalue weighted by atomic mass is 16.5. The molecule has 4 aromatic carbocycles. The predicted octanol–water partition coefficient (Wildman–Crippen LogP) is 7.06. The van der Waals surface area contributed by atoms with Gasteiger partial charge in [0.1, 0.15) is 23.9 Å². The van der Waals surface area contributed by atoms with E-state index in [0.29, 0.717) is 34.9 Å². The van der Waals surface area contributed by atoms with Crippen LogP contribution in [0.2, 0.25) is 0 Å². The number of hydrogen-bond acceptors (Lipinski definition) is 6. The number of ketones is 1. The van der Waals surface area contributed by atoms with Gasteiger partial charge in [0, 0.05) is 24.3 Å². The van der Waals surface area contributed by atoms with Crippen molar-refractivity contribution in [3.8, 4) is 11.5 Å². The van der Waals surface area contributed by atoms with Crippen LogP contribution in [0, 0.1) is 6.92 Å². The summed E-state index contributed by atoms with van der Waals surface area (Å²) in [6, 6.07) is 29.1. The first-order chi connectivity index (χ1) is 20.9. The smallest absolute Gasteiger partial charge is 0.300 e. The summed E-state index contributed by atoms with van der Waals surface area (Å²) in [6.07, 6.45) is 0. The van der Waals surface area contributed by atoms with Crippen LogP contribution in [0.1, 0.15) is 42.1 Å². The monoisotopic (exact) mass is 576 g/mol. The predicted molar refractivity (Wildman–Crippen MR) is 170 cm³/mol. The van der Waals surface area contributed by atoms with Crippen molar-refractivity contribution >= 4 is 28.8 Å². The molecule has 1 fully saturated rings. The van der Waals surface area contributed by atoms with Crippen LogP contribution in [0.4, 0.5) is 11.4 Å². The molecule has 7 heteroatoms. The van der Waals surface area contributed by atoms with E-state index in [1.54, 1.807) is 42.5 Å². The lowest BCUT2D eigenvalue weighted by Crippen LogP contribution is -2.30. The number of amides is 1. The number of methoxy groups -OCH3 is 1. The van der Waals surface area contributed by atoms with Crippen molar-refractivity contribution in [3.05, 3.63) is 125 Å². The minimum Gasteiger partial charge on any atom is -0.507 e. The van der Waals surface area contributed by atoms with Gasteiger partial charge in [-0.3, -0.25) is 14.5 Å². The number of carbonyl (C=O) groups excluding carboxylic acids is 2. The van der Waals surface area contributed by atoms with Crippen LogP contribution in [0.5, 0.6) is 11.5 Å². The number of aryl methyl sites for hydroxylation is 1. The molecule has 5 rings (SSSR count). The van der Waals surface area contributed by atoms with Crippen molar-refractivity contribution in [2.45, 2.75) is 33.4 Å². The summed E-state index contributed by atoms with van der Waals surface area (Å²) in [4.78, 5) is 31.0. The van der Waals surface area contributed by atoms with Crippen LogP contribution < -0.4 is 19.3 Å². The fourth-order valence-corrected chi connectivity index (χ4v) is 5.53. The molecular weight excluding hydrogens is 540 g/mol. The third kappa shape index (κ3) is 5.84. The molecule has 4 aromatic rings. The van der Waals surface area contributed by atoms with Gasteiger partial charge in [0.15, 0.2) is 0 Å². The van der Waals surface area contributed by atoms with Gasteiger partial charge >= 0.3 is 0 Å². The Kier molecular flexibility index (Phi) is 8.81. The summed E-state index contributed by atoms with van der Waals surface area (Å²) in [5, 5.41) is 11.7. The number of nitrogens with zero attached hydrogens (tertiary/aromatic N) is 2. The highest BCUT2D eigenvalue weighted by molar-refractivity contribution is 6.52. The molecule has 1 N–H and O–H groups in total. The molecule has 0 aromatic heterocycles. The van der Waals surface area contributed by atoms with Gasteiger partial charge in [-0.25, -0.2) is 0 Å². The maximum absolute atomic E-state index is 13.7. The molecule has 1 amide bonds. The molecule has 1 saturated heterocycles. The summed E-state index contributed by atoms with van der Waals surface area (Å²) in [6.45, 7) is 8.16. The first-order valence-electron chi connectivity index (χ1n) is 14.4.